The largest absolute Gasteiger partial charge is 0.496 e. The highest BCUT2D eigenvalue weighted by atomic mass is 16.5. The highest BCUT2D eigenvalue weighted by Crippen LogP contribution is 2.40. The summed E-state index contributed by atoms with van der Waals surface area (Å²) in [6.07, 6.45) is 0. The summed E-state index contributed by atoms with van der Waals surface area (Å²) in [5.74, 6) is 1.01. The van der Waals surface area contributed by atoms with Gasteiger partial charge in [-0.05, 0) is 23.3 Å². The van der Waals surface area contributed by atoms with Crippen molar-refractivity contribution in [2.45, 2.75) is 52.4 Å². The molecule has 1 heteroatoms. The van der Waals surface area contributed by atoms with Gasteiger partial charge in [-0.15, -0.1) is 0 Å². The van der Waals surface area contributed by atoms with Crippen molar-refractivity contribution in [2.75, 3.05) is 7.11 Å². The maximum absolute atomic E-state index is 5.66. The number of benzene rings is 1. The standard InChI is InChI=1S/C16H25O/c1-11-9-12(15(2,3)4)14(17-8)13(10-11)16(5,6)7/h9-10H,1H2,2-8H3. The lowest BCUT2D eigenvalue weighted by molar-refractivity contribution is 0.381. The van der Waals surface area contributed by atoms with Gasteiger partial charge in [0, 0.05) is 11.1 Å². The van der Waals surface area contributed by atoms with Gasteiger partial charge in [0.05, 0.1) is 7.11 Å². The molecule has 0 unspecified atom stereocenters. The van der Waals surface area contributed by atoms with Crippen LogP contribution in [0.4, 0.5) is 0 Å². The summed E-state index contributed by atoms with van der Waals surface area (Å²) in [5.41, 5.74) is 3.66. The summed E-state index contributed by atoms with van der Waals surface area (Å²) >= 11 is 0. The first-order valence-electron chi connectivity index (χ1n) is 6.12. The first-order valence-corrected chi connectivity index (χ1v) is 6.12. The van der Waals surface area contributed by atoms with E-state index >= 15 is 0 Å². The van der Waals surface area contributed by atoms with E-state index in [2.05, 4.69) is 60.6 Å². The van der Waals surface area contributed by atoms with Gasteiger partial charge in [0.1, 0.15) is 5.75 Å². The van der Waals surface area contributed by atoms with Gasteiger partial charge < -0.3 is 4.74 Å². The van der Waals surface area contributed by atoms with Gasteiger partial charge in [-0.3, -0.25) is 0 Å². The van der Waals surface area contributed by atoms with Crippen LogP contribution in [-0.2, 0) is 10.8 Å². The van der Waals surface area contributed by atoms with Gasteiger partial charge in [-0.25, -0.2) is 0 Å². The Balaban J connectivity index is 3.58. The topological polar surface area (TPSA) is 9.23 Å². The highest BCUT2D eigenvalue weighted by Gasteiger charge is 2.26. The van der Waals surface area contributed by atoms with Crippen molar-refractivity contribution < 1.29 is 4.74 Å². The van der Waals surface area contributed by atoms with E-state index in [1.165, 1.54) is 11.1 Å². The molecule has 0 aliphatic rings. The van der Waals surface area contributed by atoms with Crippen molar-refractivity contribution in [3.8, 4) is 5.75 Å². The van der Waals surface area contributed by atoms with Crippen LogP contribution in [0, 0.1) is 6.92 Å². The fourth-order valence-electron chi connectivity index (χ4n) is 2.02. The van der Waals surface area contributed by atoms with E-state index in [0.29, 0.717) is 0 Å². The van der Waals surface area contributed by atoms with Crippen molar-refractivity contribution in [1.29, 1.82) is 0 Å². The molecule has 0 saturated heterocycles. The highest BCUT2D eigenvalue weighted by molar-refractivity contribution is 5.51. The average molecular weight is 233 g/mol. The van der Waals surface area contributed by atoms with Crippen molar-refractivity contribution in [1.82, 2.24) is 0 Å². The number of hydrogen-bond acceptors (Lipinski definition) is 1. The molecule has 17 heavy (non-hydrogen) atoms. The second-order valence-corrected chi connectivity index (χ2v) is 6.72. The Hall–Kier alpha value is -0.980. The average Bonchev–Trinajstić information content (AvgIpc) is 2.13. The molecular weight excluding hydrogens is 208 g/mol. The van der Waals surface area contributed by atoms with Crippen LogP contribution in [0.5, 0.6) is 5.75 Å². The van der Waals surface area contributed by atoms with Crippen LogP contribution in [0.3, 0.4) is 0 Å². The molecule has 0 saturated carbocycles. The van der Waals surface area contributed by atoms with E-state index in [0.717, 1.165) is 11.3 Å². The predicted molar refractivity (Wildman–Crippen MR) is 74.9 cm³/mol. The molecule has 0 aliphatic heterocycles. The third kappa shape index (κ3) is 3.02. The fraction of sp³-hybridized carbons (Fsp3) is 0.562. The third-order valence-electron chi connectivity index (χ3n) is 2.97. The Morgan fingerprint density at radius 1 is 0.882 bits per heavy atom. The Kier molecular flexibility index (Phi) is 3.61. The molecule has 0 amide bonds. The zero-order valence-electron chi connectivity index (χ0n) is 12.3. The van der Waals surface area contributed by atoms with E-state index in [1.807, 2.05) is 0 Å². The lowest BCUT2D eigenvalue weighted by Crippen LogP contribution is -2.19. The summed E-state index contributed by atoms with van der Waals surface area (Å²) < 4.78 is 5.66. The van der Waals surface area contributed by atoms with Crippen LogP contribution in [0.25, 0.3) is 0 Å². The molecule has 0 heterocycles. The molecule has 0 atom stereocenters. The maximum atomic E-state index is 5.66. The van der Waals surface area contributed by atoms with Crippen molar-refractivity contribution in [2.24, 2.45) is 0 Å². The molecule has 0 fully saturated rings. The normalized spacial score (nSPS) is 12.7. The minimum Gasteiger partial charge on any atom is -0.496 e. The van der Waals surface area contributed by atoms with Gasteiger partial charge in [0.2, 0.25) is 0 Å². The summed E-state index contributed by atoms with van der Waals surface area (Å²) in [6.45, 7) is 17.3. The maximum Gasteiger partial charge on any atom is 0.126 e. The minimum absolute atomic E-state index is 0.0685. The van der Waals surface area contributed by atoms with Gasteiger partial charge in [-0.1, -0.05) is 53.7 Å². The molecule has 0 bridgehead atoms. The smallest absolute Gasteiger partial charge is 0.126 e. The van der Waals surface area contributed by atoms with Crippen LogP contribution < -0.4 is 4.74 Å². The van der Waals surface area contributed by atoms with Gasteiger partial charge in [-0.2, -0.15) is 0 Å². The van der Waals surface area contributed by atoms with Crippen LogP contribution >= 0.6 is 0 Å². The predicted octanol–water partition coefficient (Wildman–Crippen LogP) is 4.47. The van der Waals surface area contributed by atoms with Gasteiger partial charge in [0.15, 0.2) is 0 Å². The lowest BCUT2D eigenvalue weighted by Gasteiger charge is -2.29. The van der Waals surface area contributed by atoms with E-state index < -0.39 is 0 Å². The van der Waals surface area contributed by atoms with E-state index in [1.54, 1.807) is 7.11 Å². The van der Waals surface area contributed by atoms with Crippen LogP contribution in [-0.4, -0.2) is 7.11 Å². The number of methoxy groups -OCH3 is 1. The summed E-state index contributed by atoms with van der Waals surface area (Å²) in [4.78, 5) is 0. The van der Waals surface area contributed by atoms with Gasteiger partial charge in [0.25, 0.3) is 0 Å². The van der Waals surface area contributed by atoms with E-state index in [9.17, 15) is 0 Å². The fourth-order valence-corrected chi connectivity index (χ4v) is 2.02. The van der Waals surface area contributed by atoms with Crippen molar-refractivity contribution in [3.05, 3.63) is 35.7 Å². The van der Waals surface area contributed by atoms with Crippen LogP contribution in [0.2, 0.25) is 0 Å². The third-order valence-corrected chi connectivity index (χ3v) is 2.97. The molecule has 0 spiro atoms. The summed E-state index contributed by atoms with van der Waals surface area (Å²) in [5, 5.41) is 0. The molecule has 1 nitrogen and oxygen atoms in total. The van der Waals surface area contributed by atoms with Crippen molar-refractivity contribution in [3.63, 3.8) is 0 Å². The van der Waals surface area contributed by atoms with Crippen molar-refractivity contribution >= 4 is 0 Å². The molecule has 0 N–H and O–H groups in total. The monoisotopic (exact) mass is 233 g/mol. The van der Waals surface area contributed by atoms with E-state index in [4.69, 9.17) is 4.74 Å². The zero-order chi connectivity index (χ0) is 13.4. The second kappa shape index (κ2) is 4.36. The SMILES string of the molecule is [CH2]c1cc(C(C)(C)C)c(OC)c(C(C)(C)C)c1. The minimum atomic E-state index is 0.0685. The molecule has 0 aliphatic carbocycles. The molecule has 1 aromatic rings. The first kappa shape index (κ1) is 14.1. The Labute approximate surface area is 106 Å². The Bertz CT molecular complexity index is 368. The quantitative estimate of drug-likeness (QED) is 0.695. The molecular formula is C16H25O. The van der Waals surface area contributed by atoms with Crippen LogP contribution in [0.1, 0.15) is 58.2 Å². The first-order chi connectivity index (χ1) is 7.57. The van der Waals surface area contributed by atoms with Crippen LogP contribution in [0.15, 0.2) is 12.1 Å². The summed E-state index contributed by atoms with van der Waals surface area (Å²) in [7, 11) is 1.75. The molecule has 0 aromatic heterocycles. The molecule has 1 aromatic carbocycles. The molecule has 95 valence electrons. The summed E-state index contributed by atoms with van der Waals surface area (Å²) in [6, 6.07) is 4.27. The van der Waals surface area contributed by atoms with E-state index in [-0.39, 0.29) is 10.8 Å². The number of rotatable bonds is 1. The molecule has 1 rings (SSSR count). The number of ether oxygens (including phenoxy) is 1. The van der Waals surface area contributed by atoms with Gasteiger partial charge >= 0.3 is 0 Å². The number of hydrogen-bond donors (Lipinski definition) is 0. The Morgan fingerprint density at radius 3 is 1.47 bits per heavy atom. The zero-order valence-corrected chi connectivity index (χ0v) is 12.3. The Morgan fingerprint density at radius 2 is 1.24 bits per heavy atom. The second-order valence-electron chi connectivity index (χ2n) is 6.72. The lowest BCUT2D eigenvalue weighted by atomic mass is 9.78. The molecule has 1 radical (unpaired) electrons.